The Morgan fingerprint density at radius 3 is 2.41 bits per heavy atom. The van der Waals surface area contributed by atoms with Gasteiger partial charge in [0.25, 0.3) is 0 Å². The number of thioether (sulfide) groups is 1. The second kappa shape index (κ2) is 8.03. The number of nitrogens with zero attached hydrogens (tertiary/aromatic N) is 1. The van der Waals surface area contributed by atoms with Crippen molar-refractivity contribution in [1.29, 1.82) is 0 Å². The van der Waals surface area contributed by atoms with Gasteiger partial charge in [-0.2, -0.15) is 0 Å². The van der Waals surface area contributed by atoms with E-state index in [9.17, 15) is 0 Å². The molecular weight excluding hydrogens is 302 g/mol. The van der Waals surface area contributed by atoms with E-state index < -0.39 is 8.07 Å². The Hall–Kier alpha value is -0.983. The number of hydrogen-bond donors (Lipinski definition) is 0. The lowest BCUT2D eigenvalue weighted by molar-refractivity contribution is 0.546. The summed E-state index contributed by atoms with van der Waals surface area (Å²) in [6.45, 7) is 9.19. The van der Waals surface area contributed by atoms with Crippen molar-refractivity contribution < 1.29 is 0 Å². The van der Waals surface area contributed by atoms with Gasteiger partial charge in [-0.1, -0.05) is 69.4 Å². The van der Waals surface area contributed by atoms with Crippen LogP contribution in [0.15, 0.2) is 35.3 Å². The van der Waals surface area contributed by atoms with E-state index in [1.807, 2.05) is 30.0 Å². The second-order valence-corrected chi connectivity index (χ2v) is 13.2. The molecule has 2 rings (SSSR count). The maximum atomic E-state index is 4.80. The second-order valence-electron chi connectivity index (χ2n) is 7.12. The van der Waals surface area contributed by atoms with E-state index in [1.165, 1.54) is 25.7 Å². The molecule has 0 saturated heterocycles. The molecule has 0 N–H and O–H groups in total. The Bertz CT molecular complexity index is 557. The molecule has 1 saturated carbocycles. The van der Waals surface area contributed by atoms with E-state index >= 15 is 0 Å². The van der Waals surface area contributed by atoms with Crippen molar-refractivity contribution in [3.8, 4) is 11.5 Å². The summed E-state index contributed by atoms with van der Waals surface area (Å²) >= 11 is 1.88. The predicted molar refractivity (Wildman–Crippen MR) is 104 cm³/mol. The van der Waals surface area contributed by atoms with Gasteiger partial charge in [0.05, 0.1) is 5.69 Å². The summed E-state index contributed by atoms with van der Waals surface area (Å²) in [5, 5.41) is 1.61. The molecule has 3 heteroatoms. The molecule has 1 aliphatic carbocycles. The van der Waals surface area contributed by atoms with Gasteiger partial charge in [-0.25, -0.2) is 4.99 Å². The van der Waals surface area contributed by atoms with Gasteiger partial charge in [-0.3, -0.25) is 0 Å². The average molecular weight is 330 g/mol. The first-order valence-corrected chi connectivity index (χ1v) is 12.7. The van der Waals surface area contributed by atoms with Crippen LogP contribution in [-0.4, -0.2) is 18.4 Å². The van der Waals surface area contributed by atoms with Crippen LogP contribution >= 0.6 is 11.8 Å². The molecule has 0 amide bonds. The SMILES string of the molecule is CC(SC(C#C[Si](C)(C)C)=Nc1ccccc1)C1CCCC1. The summed E-state index contributed by atoms with van der Waals surface area (Å²) < 4.78 is 0. The summed E-state index contributed by atoms with van der Waals surface area (Å²) in [7, 11) is -1.37. The molecule has 22 heavy (non-hydrogen) atoms. The third kappa shape index (κ3) is 6.02. The molecule has 0 heterocycles. The van der Waals surface area contributed by atoms with Gasteiger partial charge in [0.2, 0.25) is 0 Å². The van der Waals surface area contributed by atoms with Crippen molar-refractivity contribution in [2.45, 2.75) is 57.5 Å². The number of rotatable bonds is 3. The van der Waals surface area contributed by atoms with Crippen LogP contribution in [0.25, 0.3) is 0 Å². The van der Waals surface area contributed by atoms with E-state index in [-0.39, 0.29) is 0 Å². The van der Waals surface area contributed by atoms with Crippen LogP contribution in [0.2, 0.25) is 19.6 Å². The van der Waals surface area contributed by atoms with E-state index in [0.717, 1.165) is 16.6 Å². The Labute approximate surface area is 141 Å². The fraction of sp³-hybridized carbons (Fsp3) is 0.526. The van der Waals surface area contributed by atoms with Gasteiger partial charge in [0.1, 0.15) is 13.1 Å². The first kappa shape index (κ1) is 17.4. The zero-order valence-electron chi connectivity index (χ0n) is 14.2. The van der Waals surface area contributed by atoms with E-state index in [0.29, 0.717) is 5.25 Å². The largest absolute Gasteiger partial charge is 0.233 e. The van der Waals surface area contributed by atoms with Crippen LogP contribution in [0.1, 0.15) is 32.6 Å². The first-order chi connectivity index (χ1) is 10.4. The van der Waals surface area contributed by atoms with Gasteiger partial charge < -0.3 is 0 Å². The van der Waals surface area contributed by atoms with E-state index in [1.54, 1.807) is 0 Å². The van der Waals surface area contributed by atoms with Crippen molar-refractivity contribution in [3.05, 3.63) is 30.3 Å². The number of aliphatic imine (C=N–C) groups is 1. The number of para-hydroxylation sites is 1. The van der Waals surface area contributed by atoms with Crippen molar-refractivity contribution in [3.63, 3.8) is 0 Å². The smallest absolute Gasteiger partial charge is 0.146 e. The molecule has 1 nitrogen and oxygen atoms in total. The normalized spacial score (nSPS) is 17.9. The van der Waals surface area contributed by atoms with Crippen LogP contribution in [0.5, 0.6) is 0 Å². The lowest BCUT2D eigenvalue weighted by atomic mass is 10.1. The van der Waals surface area contributed by atoms with Crippen LogP contribution in [0, 0.1) is 17.4 Å². The maximum Gasteiger partial charge on any atom is 0.146 e. The summed E-state index contributed by atoms with van der Waals surface area (Å²) in [6, 6.07) is 10.2. The van der Waals surface area contributed by atoms with Crippen molar-refractivity contribution in [1.82, 2.24) is 0 Å². The molecule has 1 aromatic rings. The first-order valence-electron chi connectivity index (χ1n) is 8.27. The molecule has 1 aliphatic rings. The average Bonchev–Trinajstić information content (AvgIpc) is 2.99. The minimum Gasteiger partial charge on any atom is -0.233 e. The van der Waals surface area contributed by atoms with Crippen molar-refractivity contribution in [2.24, 2.45) is 10.9 Å². The van der Waals surface area contributed by atoms with Crippen LogP contribution in [0.3, 0.4) is 0 Å². The van der Waals surface area contributed by atoms with Crippen LogP contribution in [-0.2, 0) is 0 Å². The van der Waals surface area contributed by atoms with Gasteiger partial charge in [0, 0.05) is 5.25 Å². The van der Waals surface area contributed by atoms with Gasteiger partial charge in [-0.15, -0.1) is 5.54 Å². The van der Waals surface area contributed by atoms with Gasteiger partial charge in [0.15, 0.2) is 0 Å². The molecule has 0 radical (unpaired) electrons. The fourth-order valence-electron chi connectivity index (χ4n) is 2.64. The molecule has 1 atom stereocenters. The summed E-state index contributed by atoms with van der Waals surface area (Å²) in [5.74, 6) is 4.22. The molecular formula is C19H27NSSi. The summed E-state index contributed by atoms with van der Waals surface area (Å²) in [4.78, 5) is 4.80. The monoisotopic (exact) mass is 329 g/mol. The molecule has 0 bridgehead atoms. The standard InChI is InChI=1S/C19H27NSSi/c1-16(17-10-8-9-11-17)21-19(14-15-22(2,3)4)20-18-12-6-5-7-13-18/h5-7,12-13,16-17H,8-11H2,1-4H3. The van der Waals surface area contributed by atoms with Crippen LogP contribution in [0.4, 0.5) is 5.69 Å². The molecule has 118 valence electrons. The zero-order valence-corrected chi connectivity index (χ0v) is 16.0. The minimum absolute atomic E-state index is 0.612. The number of hydrogen-bond acceptors (Lipinski definition) is 2. The maximum absolute atomic E-state index is 4.80. The quantitative estimate of drug-likeness (QED) is 0.291. The molecule has 1 unspecified atom stereocenters. The fourth-order valence-corrected chi connectivity index (χ4v) is 4.31. The van der Waals surface area contributed by atoms with Crippen LogP contribution < -0.4 is 0 Å². The highest BCUT2D eigenvalue weighted by Gasteiger charge is 2.23. The summed E-state index contributed by atoms with van der Waals surface area (Å²) in [6.07, 6.45) is 5.52. The molecule has 0 spiro atoms. The topological polar surface area (TPSA) is 12.4 Å². The lowest BCUT2D eigenvalue weighted by Gasteiger charge is -2.17. The zero-order chi connectivity index (χ0) is 16.0. The lowest BCUT2D eigenvalue weighted by Crippen LogP contribution is -2.17. The Morgan fingerprint density at radius 2 is 1.82 bits per heavy atom. The minimum atomic E-state index is -1.37. The van der Waals surface area contributed by atoms with Crippen molar-refractivity contribution >= 4 is 30.6 Å². The third-order valence-electron chi connectivity index (χ3n) is 3.89. The predicted octanol–water partition coefficient (Wildman–Crippen LogP) is 5.91. The van der Waals surface area contributed by atoms with Crippen molar-refractivity contribution in [2.75, 3.05) is 0 Å². The van der Waals surface area contributed by atoms with E-state index in [4.69, 9.17) is 4.99 Å². The number of benzene rings is 1. The highest BCUT2D eigenvalue weighted by Crippen LogP contribution is 2.34. The highest BCUT2D eigenvalue weighted by atomic mass is 32.2. The third-order valence-corrected chi connectivity index (χ3v) is 5.94. The highest BCUT2D eigenvalue weighted by molar-refractivity contribution is 8.15. The Morgan fingerprint density at radius 1 is 1.18 bits per heavy atom. The molecule has 0 aliphatic heterocycles. The molecule has 1 aromatic carbocycles. The van der Waals surface area contributed by atoms with Gasteiger partial charge in [-0.05, 0) is 36.8 Å². The molecule has 1 fully saturated rings. The summed E-state index contributed by atoms with van der Waals surface area (Å²) in [5.41, 5.74) is 4.48. The van der Waals surface area contributed by atoms with E-state index in [2.05, 4.69) is 50.2 Å². The Balaban J connectivity index is 2.17. The Kier molecular flexibility index (Phi) is 6.34. The van der Waals surface area contributed by atoms with Gasteiger partial charge >= 0.3 is 0 Å². The molecule has 0 aromatic heterocycles.